The van der Waals surface area contributed by atoms with Gasteiger partial charge in [-0.1, -0.05) is 19.9 Å². The summed E-state index contributed by atoms with van der Waals surface area (Å²) in [7, 11) is 0. The average molecular weight is 469 g/mol. The van der Waals surface area contributed by atoms with Crippen LogP contribution in [0.15, 0.2) is 42.5 Å². The van der Waals surface area contributed by atoms with Crippen LogP contribution in [0.2, 0.25) is 0 Å². The predicted octanol–water partition coefficient (Wildman–Crippen LogP) is 6.39. The first-order valence-corrected chi connectivity index (χ1v) is 11.7. The summed E-state index contributed by atoms with van der Waals surface area (Å²) in [5.41, 5.74) is 1.66. The number of allylic oxidation sites excluding steroid dienone is 1. The topological polar surface area (TPSA) is 71.1 Å². The Bertz CT molecular complexity index is 983. The summed E-state index contributed by atoms with van der Waals surface area (Å²) in [4.78, 5) is 24.6. The molecule has 0 saturated carbocycles. The van der Waals surface area contributed by atoms with Crippen molar-refractivity contribution >= 4 is 17.8 Å². The molecule has 0 N–H and O–H groups in total. The molecular formula is C28H36O6. The first-order chi connectivity index (χ1) is 16.2. The quantitative estimate of drug-likeness (QED) is 0.155. The van der Waals surface area contributed by atoms with Gasteiger partial charge in [-0.15, -0.1) is 0 Å². The Morgan fingerprint density at radius 3 is 2.15 bits per heavy atom. The Balaban J connectivity index is 2.12. The van der Waals surface area contributed by atoms with Crippen LogP contribution in [0.4, 0.5) is 0 Å². The van der Waals surface area contributed by atoms with Crippen LogP contribution in [-0.2, 0) is 9.53 Å². The largest absolute Gasteiger partial charge is 0.493 e. The molecule has 184 valence electrons. The van der Waals surface area contributed by atoms with Crippen molar-refractivity contribution in [1.82, 2.24) is 0 Å². The average Bonchev–Trinajstić information content (AvgIpc) is 2.81. The van der Waals surface area contributed by atoms with E-state index in [1.165, 1.54) is 6.08 Å². The number of hydrogen-bond donors (Lipinski definition) is 0. The lowest BCUT2D eigenvalue weighted by Crippen LogP contribution is -2.24. The second kappa shape index (κ2) is 12.8. The maximum absolute atomic E-state index is 12.8. The van der Waals surface area contributed by atoms with Gasteiger partial charge in [0.05, 0.1) is 24.2 Å². The van der Waals surface area contributed by atoms with Gasteiger partial charge in [-0.3, -0.25) is 9.59 Å². The van der Waals surface area contributed by atoms with Gasteiger partial charge in [0.2, 0.25) is 6.79 Å². The number of carbonyl (C=O) groups excluding carboxylic acids is 2. The van der Waals surface area contributed by atoms with Crippen molar-refractivity contribution < 1.29 is 28.5 Å². The molecule has 2 aromatic carbocycles. The van der Waals surface area contributed by atoms with E-state index < -0.39 is 5.41 Å². The molecule has 0 amide bonds. The van der Waals surface area contributed by atoms with Gasteiger partial charge in [0.25, 0.3) is 0 Å². The summed E-state index contributed by atoms with van der Waals surface area (Å²) in [6, 6.07) is 10.6. The van der Waals surface area contributed by atoms with E-state index in [4.69, 9.17) is 18.9 Å². The molecule has 0 unspecified atom stereocenters. The minimum Gasteiger partial charge on any atom is -0.493 e. The molecule has 6 nitrogen and oxygen atoms in total. The number of rotatable bonds is 12. The lowest BCUT2D eigenvalue weighted by atomic mass is 9.98. The first kappa shape index (κ1) is 27.0. The molecule has 0 aliphatic carbocycles. The maximum atomic E-state index is 12.8. The van der Waals surface area contributed by atoms with Crippen molar-refractivity contribution in [2.45, 2.75) is 54.4 Å². The molecule has 0 fully saturated rings. The lowest BCUT2D eigenvalue weighted by Gasteiger charge is -2.16. The Labute approximate surface area is 202 Å². The summed E-state index contributed by atoms with van der Waals surface area (Å²) in [6.45, 7) is 12.4. The zero-order valence-electron chi connectivity index (χ0n) is 21.1. The molecule has 6 heteroatoms. The predicted molar refractivity (Wildman–Crippen MR) is 134 cm³/mol. The van der Waals surface area contributed by atoms with Crippen LogP contribution in [0.25, 0.3) is 6.08 Å². The van der Waals surface area contributed by atoms with E-state index in [0.717, 1.165) is 29.7 Å². The number of esters is 1. The van der Waals surface area contributed by atoms with Crippen LogP contribution in [-0.4, -0.2) is 31.8 Å². The Morgan fingerprint density at radius 1 is 0.882 bits per heavy atom. The summed E-state index contributed by atoms with van der Waals surface area (Å²) < 4.78 is 22.4. The summed E-state index contributed by atoms with van der Waals surface area (Å²) in [5, 5.41) is 0. The Hall–Kier alpha value is -3.28. The number of benzene rings is 2. The molecule has 0 saturated heterocycles. The molecule has 0 aliphatic heterocycles. The third kappa shape index (κ3) is 7.94. The van der Waals surface area contributed by atoms with E-state index in [2.05, 4.69) is 0 Å². The zero-order valence-corrected chi connectivity index (χ0v) is 21.1. The van der Waals surface area contributed by atoms with E-state index >= 15 is 0 Å². The van der Waals surface area contributed by atoms with Gasteiger partial charge < -0.3 is 18.9 Å². The number of carbonyl (C=O) groups is 2. The highest BCUT2D eigenvalue weighted by Crippen LogP contribution is 2.34. The monoisotopic (exact) mass is 468 g/mol. The number of ether oxygens (including phenoxy) is 4. The summed E-state index contributed by atoms with van der Waals surface area (Å²) in [6.07, 6.45) is 5.03. The summed E-state index contributed by atoms with van der Waals surface area (Å²) in [5.74, 6) is 1.43. The van der Waals surface area contributed by atoms with Crippen LogP contribution in [0.1, 0.15) is 68.9 Å². The Morgan fingerprint density at radius 2 is 1.53 bits per heavy atom. The molecule has 0 radical (unpaired) electrons. The van der Waals surface area contributed by atoms with Crippen molar-refractivity contribution in [3.05, 3.63) is 59.2 Å². The number of hydrogen-bond acceptors (Lipinski definition) is 6. The van der Waals surface area contributed by atoms with E-state index in [1.807, 2.05) is 32.9 Å². The molecule has 0 aromatic heterocycles. The molecule has 0 aliphatic rings. The van der Waals surface area contributed by atoms with Crippen LogP contribution in [0.3, 0.4) is 0 Å². The normalized spacial score (nSPS) is 11.4. The number of ketones is 1. The standard InChI is InChI=1S/C28H36O6/c1-7-17-31-25-16-9-20(3)26(32-18-8-2)23(25)14-15-24(29)21-10-12-22(13-11-21)33-19-34-27(30)28(4,5)6/h9-16H,7-8,17-19H2,1-6H3. The zero-order chi connectivity index (χ0) is 25.1. The second-order valence-electron chi connectivity index (χ2n) is 8.99. The molecule has 34 heavy (non-hydrogen) atoms. The molecule has 0 atom stereocenters. The third-order valence-corrected chi connectivity index (χ3v) is 4.83. The number of aryl methyl sites for hydroxylation is 1. The fraction of sp³-hybridized carbons (Fsp3) is 0.429. The van der Waals surface area contributed by atoms with Crippen LogP contribution < -0.4 is 14.2 Å². The highest BCUT2D eigenvalue weighted by atomic mass is 16.7. The van der Waals surface area contributed by atoms with E-state index in [9.17, 15) is 9.59 Å². The minimum atomic E-state index is -0.591. The maximum Gasteiger partial charge on any atom is 0.314 e. The highest BCUT2D eigenvalue weighted by molar-refractivity contribution is 6.07. The minimum absolute atomic E-state index is 0.157. The fourth-order valence-corrected chi connectivity index (χ4v) is 2.92. The van der Waals surface area contributed by atoms with Gasteiger partial charge in [0.1, 0.15) is 17.2 Å². The first-order valence-electron chi connectivity index (χ1n) is 11.7. The van der Waals surface area contributed by atoms with E-state index in [1.54, 1.807) is 51.1 Å². The molecule has 0 spiro atoms. The summed E-state index contributed by atoms with van der Waals surface area (Å²) >= 11 is 0. The lowest BCUT2D eigenvalue weighted by molar-refractivity contribution is -0.159. The molecule has 0 bridgehead atoms. The smallest absolute Gasteiger partial charge is 0.314 e. The van der Waals surface area contributed by atoms with Gasteiger partial charge in [0, 0.05) is 5.56 Å². The van der Waals surface area contributed by atoms with Crippen molar-refractivity contribution in [3.8, 4) is 17.2 Å². The van der Waals surface area contributed by atoms with Crippen molar-refractivity contribution in [1.29, 1.82) is 0 Å². The van der Waals surface area contributed by atoms with E-state index in [-0.39, 0.29) is 18.5 Å². The Kier molecular flexibility index (Phi) is 10.2. The van der Waals surface area contributed by atoms with Gasteiger partial charge in [0.15, 0.2) is 5.78 Å². The fourth-order valence-electron chi connectivity index (χ4n) is 2.92. The van der Waals surface area contributed by atoms with Crippen molar-refractivity contribution in [3.63, 3.8) is 0 Å². The van der Waals surface area contributed by atoms with Crippen LogP contribution in [0.5, 0.6) is 17.2 Å². The van der Waals surface area contributed by atoms with Crippen LogP contribution in [0, 0.1) is 12.3 Å². The van der Waals surface area contributed by atoms with Gasteiger partial charge >= 0.3 is 5.97 Å². The molecular weight excluding hydrogens is 432 g/mol. The van der Waals surface area contributed by atoms with Crippen LogP contribution >= 0.6 is 0 Å². The third-order valence-electron chi connectivity index (χ3n) is 4.83. The second-order valence-corrected chi connectivity index (χ2v) is 8.99. The van der Waals surface area contributed by atoms with Gasteiger partial charge in [-0.05, 0) is 88.6 Å². The molecule has 2 rings (SSSR count). The van der Waals surface area contributed by atoms with Gasteiger partial charge in [-0.2, -0.15) is 0 Å². The van der Waals surface area contributed by atoms with Crippen molar-refractivity contribution in [2.75, 3.05) is 20.0 Å². The van der Waals surface area contributed by atoms with Crippen molar-refractivity contribution in [2.24, 2.45) is 5.41 Å². The van der Waals surface area contributed by atoms with Gasteiger partial charge in [-0.25, -0.2) is 0 Å². The van der Waals surface area contributed by atoms with E-state index in [0.29, 0.717) is 30.3 Å². The highest BCUT2D eigenvalue weighted by Gasteiger charge is 2.23. The molecule has 0 heterocycles. The molecule has 2 aromatic rings. The SMILES string of the molecule is CCCOc1ccc(C)c(OCCC)c1C=CC(=O)c1ccc(OCOC(=O)C(C)(C)C)cc1.